The van der Waals surface area contributed by atoms with Crippen LogP contribution in [-0.4, -0.2) is 39.9 Å². The van der Waals surface area contributed by atoms with Gasteiger partial charge in [0.05, 0.1) is 35.1 Å². The number of rotatable bonds is 0. The van der Waals surface area contributed by atoms with E-state index in [1.807, 2.05) is 0 Å². The second-order valence-electron chi connectivity index (χ2n) is 7.72. The van der Waals surface area contributed by atoms with Gasteiger partial charge in [-0.2, -0.15) is 0 Å². The van der Waals surface area contributed by atoms with Gasteiger partial charge in [-0.15, -0.1) is 0 Å². The van der Waals surface area contributed by atoms with E-state index in [9.17, 15) is 0 Å². The number of halogens is 1. The molecule has 0 unspecified atom stereocenters. The highest BCUT2D eigenvalue weighted by molar-refractivity contribution is 9.09. The summed E-state index contributed by atoms with van der Waals surface area (Å²) in [7, 11) is 0. The third-order valence-corrected chi connectivity index (χ3v) is 7.47. The molecule has 0 aromatic rings. The molecule has 7 atom stereocenters. The summed E-state index contributed by atoms with van der Waals surface area (Å²) in [6.45, 7) is 8.83. The summed E-state index contributed by atoms with van der Waals surface area (Å²) in [5.41, 5.74) is -0.453. The van der Waals surface area contributed by atoms with Crippen molar-refractivity contribution in [2.45, 2.75) is 86.9 Å². The van der Waals surface area contributed by atoms with Crippen molar-refractivity contribution in [2.24, 2.45) is 5.92 Å². The fourth-order valence-corrected chi connectivity index (χ4v) is 5.23. The summed E-state index contributed by atoms with van der Waals surface area (Å²) < 4.78 is 19.2. The van der Waals surface area contributed by atoms with Gasteiger partial charge in [0.25, 0.3) is 0 Å². The van der Waals surface area contributed by atoms with Crippen LogP contribution < -0.4 is 0 Å². The first-order valence-electron chi connectivity index (χ1n) is 7.42. The molecule has 4 bridgehead atoms. The van der Waals surface area contributed by atoms with E-state index in [0.717, 1.165) is 19.3 Å². The van der Waals surface area contributed by atoms with Crippen molar-refractivity contribution in [1.82, 2.24) is 0 Å². The molecule has 0 radical (unpaired) electrons. The first-order chi connectivity index (χ1) is 8.75. The van der Waals surface area contributed by atoms with Crippen LogP contribution in [0, 0.1) is 5.92 Å². The van der Waals surface area contributed by atoms with Crippen LogP contribution in [0.4, 0.5) is 0 Å². The molecule has 5 saturated heterocycles. The van der Waals surface area contributed by atoms with Crippen molar-refractivity contribution in [3.05, 3.63) is 0 Å². The molecule has 19 heavy (non-hydrogen) atoms. The van der Waals surface area contributed by atoms with Gasteiger partial charge in [0.15, 0.2) is 0 Å². The van der Waals surface area contributed by atoms with Gasteiger partial charge in [-0.05, 0) is 40.5 Å². The van der Waals surface area contributed by atoms with Crippen molar-refractivity contribution in [3.63, 3.8) is 0 Å². The molecule has 0 N–H and O–H groups in total. The van der Waals surface area contributed by atoms with Crippen molar-refractivity contribution in [1.29, 1.82) is 0 Å². The van der Waals surface area contributed by atoms with Crippen LogP contribution in [0.3, 0.4) is 0 Å². The smallest absolute Gasteiger partial charge is 0.0977 e. The monoisotopic (exact) mass is 330 g/mol. The molecule has 5 heterocycles. The summed E-state index contributed by atoms with van der Waals surface area (Å²) in [6.07, 6.45) is 3.93. The maximum absolute atomic E-state index is 6.58. The zero-order valence-electron chi connectivity index (χ0n) is 12.1. The largest absolute Gasteiger partial charge is 0.371 e. The molecule has 5 fully saturated rings. The number of ether oxygens (including phenoxy) is 3. The minimum absolute atomic E-state index is 0.0961. The highest BCUT2D eigenvalue weighted by atomic mass is 79.9. The molecular weight excluding hydrogens is 308 g/mol. The molecule has 5 aliphatic heterocycles. The van der Waals surface area contributed by atoms with Gasteiger partial charge in [-0.1, -0.05) is 15.9 Å². The fraction of sp³-hybridized carbons (Fsp3) is 1.00. The maximum atomic E-state index is 6.58. The summed E-state index contributed by atoms with van der Waals surface area (Å²) in [5.74, 6) is 0.484. The van der Waals surface area contributed by atoms with Crippen molar-refractivity contribution >= 4 is 15.9 Å². The van der Waals surface area contributed by atoms with E-state index in [0.29, 0.717) is 16.8 Å². The van der Waals surface area contributed by atoms with Crippen LogP contribution in [0.1, 0.15) is 47.0 Å². The predicted molar refractivity (Wildman–Crippen MR) is 75.6 cm³/mol. The molecule has 0 spiro atoms. The molecule has 5 rings (SSSR count). The number of hydrogen-bond donors (Lipinski definition) is 0. The molecule has 5 aliphatic rings. The quantitative estimate of drug-likeness (QED) is 0.639. The molecule has 0 amide bonds. The van der Waals surface area contributed by atoms with Crippen LogP contribution in [-0.2, 0) is 14.2 Å². The minimum atomic E-state index is -0.207. The third-order valence-electron chi connectivity index (χ3n) is 5.99. The minimum Gasteiger partial charge on any atom is -0.371 e. The number of hydrogen-bond acceptors (Lipinski definition) is 3. The Morgan fingerprint density at radius 3 is 2.42 bits per heavy atom. The average Bonchev–Trinajstić information content (AvgIpc) is 2.78. The molecule has 0 aliphatic carbocycles. The molecule has 0 aromatic carbocycles. The Morgan fingerprint density at radius 2 is 1.79 bits per heavy atom. The highest BCUT2D eigenvalue weighted by Gasteiger charge is 2.68. The van der Waals surface area contributed by atoms with Gasteiger partial charge >= 0.3 is 0 Å². The Morgan fingerprint density at radius 1 is 1.05 bits per heavy atom. The second kappa shape index (κ2) is 3.57. The van der Waals surface area contributed by atoms with Crippen LogP contribution in [0.25, 0.3) is 0 Å². The molecule has 3 nitrogen and oxygen atoms in total. The summed E-state index contributed by atoms with van der Waals surface area (Å²) >= 11 is 3.79. The SMILES string of the molecule is CC1(C)O[C@@]2(C)[C@@H](C[C@H]1Br)O[C@@]1(C)C[C@@H]3O[C@H]1C[C@@H]32. The number of alkyl halides is 1. The van der Waals surface area contributed by atoms with E-state index in [4.69, 9.17) is 14.2 Å². The van der Waals surface area contributed by atoms with Crippen LogP contribution in [0.2, 0.25) is 0 Å². The zero-order chi connectivity index (χ0) is 13.6. The van der Waals surface area contributed by atoms with Crippen LogP contribution in [0.5, 0.6) is 0 Å². The second-order valence-corrected chi connectivity index (χ2v) is 8.83. The van der Waals surface area contributed by atoms with E-state index in [-0.39, 0.29) is 29.0 Å². The fourth-order valence-electron chi connectivity index (χ4n) is 4.79. The predicted octanol–water partition coefficient (Wildman–Crippen LogP) is 3.04. The lowest BCUT2D eigenvalue weighted by Crippen LogP contribution is -2.61. The molecule has 4 heteroatoms. The van der Waals surface area contributed by atoms with Crippen LogP contribution >= 0.6 is 15.9 Å². The van der Waals surface area contributed by atoms with E-state index in [1.54, 1.807) is 0 Å². The topological polar surface area (TPSA) is 27.7 Å². The van der Waals surface area contributed by atoms with Crippen molar-refractivity contribution < 1.29 is 14.2 Å². The summed E-state index contributed by atoms with van der Waals surface area (Å²) in [4.78, 5) is 0.344. The van der Waals surface area contributed by atoms with Gasteiger partial charge in [0, 0.05) is 17.2 Å². The molecule has 0 aromatic heterocycles. The lowest BCUT2D eigenvalue weighted by Gasteiger charge is -2.52. The van der Waals surface area contributed by atoms with Crippen molar-refractivity contribution in [3.8, 4) is 0 Å². The highest BCUT2D eigenvalue weighted by Crippen LogP contribution is 2.59. The lowest BCUT2D eigenvalue weighted by molar-refractivity contribution is -0.259. The van der Waals surface area contributed by atoms with E-state index in [2.05, 4.69) is 43.6 Å². The summed E-state index contributed by atoms with van der Waals surface area (Å²) in [5, 5.41) is 0. The van der Waals surface area contributed by atoms with Gasteiger partial charge in [0.1, 0.15) is 0 Å². The first kappa shape index (κ1) is 13.1. The Kier molecular flexibility index (Phi) is 2.45. The molecular formula is C15H23BrO3. The van der Waals surface area contributed by atoms with E-state index < -0.39 is 0 Å². The third kappa shape index (κ3) is 1.55. The van der Waals surface area contributed by atoms with Gasteiger partial charge in [-0.3, -0.25) is 0 Å². The van der Waals surface area contributed by atoms with E-state index >= 15 is 0 Å². The van der Waals surface area contributed by atoms with Crippen molar-refractivity contribution in [2.75, 3.05) is 0 Å². The molecule has 0 saturated carbocycles. The lowest BCUT2D eigenvalue weighted by atomic mass is 9.71. The Balaban J connectivity index is 1.76. The van der Waals surface area contributed by atoms with E-state index in [1.165, 1.54) is 0 Å². The average molecular weight is 331 g/mol. The Labute approximate surface area is 123 Å². The maximum Gasteiger partial charge on any atom is 0.0977 e. The molecule has 108 valence electrons. The Bertz CT molecular complexity index is 426. The Hall–Kier alpha value is 0.360. The normalized spacial score (nSPS) is 62.1. The van der Waals surface area contributed by atoms with Crippen LogP contribution in [0.15, 0.2) is 0 Å². The first-order valence-corrected chi connectivity index (χ1v) is 8.34. The van der Waals surface area contributed by atoms with Gasteiger partial charge in [0.2, 0.25) is 0 Å². The van der Waals surface area contributed by atoms with Gasteiger partial charge in [-0.25, -0.2) is 0 Å². The van der Waals surface area contributed by atoms with Gasteiger partial charge < -0.3 is 14.2 Å². The summed E-state index contributed by atoms with van der Waals surface area (Å²) in [6, 6.07) is 0. The zero-order valence-corrected chi connectivity index (χ0v) is 13.7. The standard InChI is InChI=1S/C15H23BrO3/c1-13(2)10(16)6-12-15(4,19-13)8-5-11-14(3,18-12)7-9(8)17-11/h8-12H,5-7H2,1-4H3/t8-,9-,10+,11-,12+,14-,15+/m0/s1.